The molecule has 0 spiro atoms. The molecule has 142 valence electrons. The molecule has 0 saturated heterocycles. The lowest BCUT2D eigenvalue weighted by Gasteiger charge is -2.09. The second-order valence-electron chi connectivity index (χ2n) is 5.87. The zero-order valence-electron chi connectivity index (χ0n) is 15.0. The van der Waals surface area contributed by atoms with Crippen LogP contribution in [-0.2, 0) is 4.79 Å². The highest BCUT2D eigenvalue weighted by Crippen LogP contribution is 2.14. The maximum Gasteiger partial charge on any atom is 0.252 e. The van der Waals surface area contributed by atoms with Crippen molar-refractivity contribution in [2.24, 2.45) is 0 Å². The summed E-state index contributed by atoms with van der Waals surface area (Å²) in [6, 6.07) is 13.4. The molecule has 0 fully saturated rings. The van der Waals surface area contributed by atoms with Gasteiger partial charge in [0.05, 0.1) is 10.6 Å². The van der Waals surface area contributed by atoms with Crippen LogP contribution in [0.25, 0.3) is 0 Å². The molecule has 0 bridgehead atoms. The summed E-state index contributed by atoms with van der Waals surface area (Å²) in [5.41, 5.74) is 1.52. The molecule has 2 rings (SSSR count). The fourth-order valence-electron chi connectivity index (χ4n) is 2.35. The fourth-order valence-corrected chi connectivity index (χ4v) is 2.57. The van der Waals surface area contributed by atoms with Gasteiger partial charge < -0.3 is 16.0 Å². The Morgan fingerprint density at radius 3 is 2.15 bits per heavy atom. The molecule has 27 heavy (non-hydrogen) atoms. The number of benzene rings is 2. The van der Waals surface area contributed by atoms with Gasteiger partial charge in [-0.05, 0) is 42.8 Å². The number of anilines is 1. The van der Waals surface area contributed by atoms with Gasteiger partial charge in [0.15, 0.2) is 0 Å². The Labute approximate surface area is 163 Å². The first-order chi connectivity index (χ1) is 13.0. The molecule has 2 aromatic rings. The average molecular weight is 388 g/mol. The number of carbonyl (C=O) groups is 3. The number of hydrogen-bond acceptors (Lipinski definition) is 3. The van der Waals surface area contributed by atoms with Gasteiger partial charge in [0, 0.05) is 30.8 Å². The van der Waals surface area contributed by atoms with Gasteiger partial charge in [-0.3, -0.25) is 14.4 Å². The second kappa shape index (κ2) is 10.3. The summed E-state index contributed by atoms with van der Waals surface area (Å²) in [7, 11) is 0. The van der Waals surface area contributed by atoms with E-state index in [1.165, 1.54) is 0 Å². The third-order valence-corrected chi connectivity index (χ3v) is 4.05. The van der Waals surface area contributed by atoms with E-state index < -0.39 is 0 Å². The van der Waals surface area contributed by atoms with E-state index in [-0.39, 0.29) is 30.8 Å². The molecule has 7 heteroatoms. The standard InChI is InChI=1S/C20H22ClN3O3/c1-2-5-18(25)24-15-10-8-14(9-11-15)19(26)22-12-13-23-20(27)16-6-3-4-7-17(16)21/h3-4,6-11H,2,5,12-13H2,1H3,(H,22,26)(H,23,27)(H,24,25). The SMILES string of the molecule is CCCC(=O)Nc1ccc(C(=O)NCCNC(=O)c2ccccc2Cl)cc1. The minimum atomic E-state index is -0.290. The largest absolute Gasteiger partial charge is 0.350 e. The van der Waals surface area contributed by atoms with Crippen LogP contribution >= 0.6 is 11.6 Å². The molecule has 0 heterocycles. The van der Waals surface area contributed by atoms with Crippen LogP contribution in [0.15, 0.2) is 48.5 Å². The lowest BCUT2D eigenvalue weighted by molar-refractivity contribution is -0.116. The first-order valence-electron chi connectivity index (χ1n) is 8.72. The summed E-state index contributed by atoms with van der Waals surface area (Å²) in [6.07, 6.45) is 1.24. The molecule has 0 unspecified atom stereocenters. The predicted octanol–water partition coefficient (Wildman–Crippen LogP) is 3.24. The maximum atomic E-state index is 12.1. The van der Waals surface area contributed by atoms with Gasteiger partial charge in [0.2, 0.25) is 5.91 Å². The summed E-state index contributed by atoms with van der Waals surface area (Å²) in [4.78, 5) is 35.7. The lowest BCUT2D eigenvalue weighted by Crippen LogP contribution is -2.34. The first kappa shape index (κ1) is 20.5. The van der Waals surface area contributed by atoms with Crippen LogP contribution in [0.2, 0.25) is 5.02 Å². The molecular formula is C20H22ClN3O3. The summed E-state index contributed by atoms with van der Waals surface area (Å²) in [5, 5.41) is 8.58. The summed E-state index contributed by atoms with van der Waals surface area (Å²) in [5.74, 6) is -0.598. The molecule has 6 nitrogen and oxygen atoms in total. The first-order valence-corrected chi connectivity index (χ1v) is 9.10. The van der Waals surface area contributed by atoms with Crippen molar-refractivity contribution in [2.75, 3.05) is 18.4 Å². The van der Waals surface area contributed by atoms with E-state index in [0.717, 1.165) is 6.42 Å². The molecule has 3 amide bonds. The van der Waals surface area contributed by atoms with Crippen LogP contribution in [0.4, 0.5) is 5.69 Å². The minimum absolute atomic E-state index is 0.0519. The average Bonchev–Trinajstić information content (AvgIpc) is 2.66. The van der Waals surface area contributed by atoms with E-state index in [0.29, 0.717) is 28.3 Å². The molecule has 0 aliphatic heterocycles. The Hall–Kier alpha value is -2.86. The van der Waals surface area contributed by atoms with Crippen LogP contribution in [0, 0.1) is 0 Å². The van der Waals surface area contributed by atoms with Crippen molar-refractivity contribution in [1.29, 1.82) is 0 Å². The lowest BCUT2D eigenvalue weighted by atomic mass is 10.2. The maximum absolute atomic E-state index is 12.1. The van der Waals surface area contributed by atoms with Crippen molar-refractivity contribution >= 4 is 35.0 Å². The van der Waals surface area contributed by atoms with Gasteiger partial charge >= 0.3 is 0 Å². The number of rotatable bonds is 8. The summed E-state index contributed by atoms with van der Waals surface area (Å²) in [6.45, 7) is 2.49. The van der Waals surface area contributed by atoms with Gasteiger partial charge in [-0.2, -0.15) is 0 Å². The second-order valence-corrected chi connectivity index (χ2v) is 6.27. The van der Waals surface area contributed by atoms with Crippen LogP contribution < -0.4 is 16.0 Å². The molecular weight excluding hydrogens is 366 g/mol. The van der Waals surface area contributed by atoms with Gasteiger partial charge in [0.1, 0.15) is 0 Å². The highest BCUT2D eigenvalue weighted by atomic mass is 35.5. The highest BCUT2D eigenvalue weighted by molar-refractivity contribution is 6.33. The number of amides is 3. The number of nitrogens with one attached hydrogen (secondary N) is 3. The van der Waals surface area contributed by atoms with Crippen molar-refractivity contribution in [1.82, 2.24) is 10.6 Å². The Balaban J connectivity index is 1.76. The molecule has 0 saturated carbocycles. The third-order valence-electron chi connectivity index (χ3n) is 3.72. The predicted molar refractivity (Wildman–Crippen MR) is 106 cm³/mol. The zero-order chi connectivity index (χ0) is 19.6. The molecule has 0 radical (unpaired) electrons. The minimum Gasteiger partial charge on any atom is -0.350 e. The van der Waals surface area contributed by atoms with Crippen LogP contribution in [0.5, 0.6) is 0 Å². The number of carbonyl (C=O) groups excluding carboxylic acids is 3. The molecule has 2 aromatic carbocycles. The van der Waals surface area contributed by atoms with Gasteiger partial charge in [0.25, 0.3) is 11.8 Å². The van der Waals surface area contributed by atoms with Crippen molar-refractivity contribution in [3.63, 3.8) is 0 Å². The van der Waals surface area contributed by atoms with Crippen molar-refractivity contribution in [3.05, 3.63) is 64.7 Å². The summed E-state index contributed by atoms with van der Waals surface area (Å²) >= 11 is 5.97. The molecule has 3 N–H and O–H groups in total. The normalized spacial score (nSPS) is 10.1. The van der Waals surface area contributed by atoms with Gasteiger partial charge in [-0.25, -0.2) is 0 Å². The number of hydrogen-bond donors (Lipinski definition) is 3. The van der Waals surface area contributed by atoms with Crippen LogP contribution in [0.1, 0.15) is 40.5 Å². The van der Waals surface area contributed by atoms with E-state index in [1.807, 2.05) is 6.92 Å². The van der Waals surface area contributed by atoms with Crippen molar-refractivity contribution < 1.29 is 14.4 Å². The molecule has 0 aromatic heterocycles. The zero-order valence-corrected chi connectivity index (χ0v) is 15.8. The van der Waals surface area contributed by atoms with Crippen LogP contribution in [-0.4, -0.2) is 30.8 Å². The quantitative estimate of drug-likeness (QED) is 0.607. The van der Waals surface area contributed by atoms with Crippen molar-refractivity contribution in [2.45, 2.75) is 19.8 Å². The molecule has 0 aliphatic carbocycles. The van der Waals surface area contributed by atoms with Gasteiger partial charge in [-0.1, -0.05) is 30.7 Å². The summed E-state index contributed by atoms with van der Waals surface area (Å²) < 4.78 is 0. The Morgan fingerprint density at radius 2 is 1.52 bits per heavy atom. The Bertz CT molecular complexity index is 806. The van der Waals surface area contributed by atoms with E-state index in [9.17, 15) is 14.4 Å². The van der Waals surface area contributed by atoms with Crippen molar-refractivity contribution in [3.8, 4) is 0 Å². The van der Waals surface area contributed by atoms with Crippen LogP contribution in [0.3, 0.4) is 0 Å². The van der Waals surface area contributed by atoms with E-state index in [4.69, 9.17) is 11.6 Å². The number of halogens is 1. The topological polar surface area (TPSA) is 87.3 Å². The smallest absolute Gasteiger partial charge is 0.252 e. The van der Waals surface area contributed by atoms with E-state index in [2.05, 4.69) is 16.0 Å². The Morgan fingerprint density at radius 1 is 0.889 bits per heavy atom. The molecule has 0 aliphatic rings. The highest BCUT2D eigenvalue weighted by Gasteiger charge is 2.09. The Kier molecular flexibility index (Phi) is 7.82. The molecule has 0 atom stereocenters. The third kappa shape index (κ3) is 6.42. The monoisotopic (exact) mass is 387 g/mol. The fraction of sp³-hybridized carbons (Fsp3) is 0.250. The van der Waals surface area contributed by atoms with E-state index >= 15 is 0 Å². The van der Waals surface area contributed by atoms with Gasteiger partial charge in [-0.15, -0.1) is 0 Å². The van der Waals surface area contributed by atoms with E-state index in [1.54, 1.807) is 48.5 Å².